The lowest BCUT2D eigenvalue weighted by Gasteiger charge is -2.25. The molecule has 0 spiro atoms. The SMILES string of the molecule is NC1=Nc2ccc(C#CSI)cc2C1(O)c1ccc(C2(C(F)(F)F)NN2)cc1. The number of amidine groups is 1. The molecule has 0 radical (unpaired) electrons. The lowest BCUT2D eigenvalue weighted by molar-refractivity contribution is -0.165. The van der Waals surface area contributed by atoms with Crippen molar-refractivity contribution in [2.45, 2.75) is 17.4 Å². The van der Waals surface area contributed by atoms with Crippen LogP contribution in [0.15, 0.2) is 47.5 Å². The van der Waals surface area contributed by atoms with Crippen LogP contribution in [0.25, 0.3) is 0 Å². The van der Waals surface area contributed by atoms with Crippen molar-refractivity contribution in [3.63, 3.8) is 0 Å². The number of benzene rings is 2. The fourth-order valence-corrected chi connectivity index (χ4v) is 3.69. The third-order valence-electron chi connectivity index (χ3n) is 4.77. The predicted octanol–water partition coefficient (Wildman–Crippen LogP) is 3.14. The van der Waals surface area contributed by atoms with Crippen molar-refractivity contribution in [2.75, 3.05) is 0 Å². The van der Waals surface area contributed by atoms with Crippen LogP contribution in [0.1, 0.15) is 22.3 Å². The number of fused-ring (bicyclic) bond motifs is 1. The molecule has 1 atom stereocenters. The minimum Gasteiger partial charge on any atom is -0.384 e. The molecule has 2 aliphatic heterocycles. The number of halogens is 4. The summed E-state index contributed by atoms with van der Waals surface area (Å²) in [6, 6.07) is 10.6. The molecular weight excluding hydrogens is 504 g/mol. The Morgan fingerprint density at radius 3 is 2.32 bits per heavy atom. The first-order valence-corrected chi connectivity index (χ1v) is 11.3. The van der Waals surface area contributed by atoms with Crippen LogP contribution in [-0.2, 0) is 11.3 Å². The zero-order valence-electron chi connectivity index (χ0n) is 13.9. The summed E-state index contributed by atoms with van der Waals surface area (Å²) >= 11 is 2.05. The Balaban J connectivity index is 1.75. The van der Waals surface area contributed by atoms with Crippen LogP contribution in [0.4, 0.5) is 18.9 Å². The Morgan fingerprint density at radius 1 is 1.11 bits per heavy atom. The largest absolute Gasteiger partial charge is 0.426 e. The van der Waals surface area contributed by atoms with Gasteiger partial charge in [0.15, 0.2) is 5.60 Å². The van der Waals surface area contributed by atoms with Crippen molar-refractivity contribution in [1.29, 1.82) is 0 Å². The van der Waals surface area contributed by atoms with Crippen molar-refractivity contribution in [1.82, 2.24) is 10.9 Å². The highest BCUT2D eigenvalue weighted by atomic mass is 127. The average molecular weight is 516 g/mol. The van der Waals surface area contributed by atoms with Gasteiger partial charge < -0.3 is 10.8 Å². The van der Waals surface area contributed by atoms with Crippen LogP contribution >= 0.6 is 30.1 Å². The summed E-state index contributed by atoms with van der Waals surface area (Å²) < 4.78 is 39.7. The Labute approximate surface area is 174 Å². The third kappa shape index (κ3) is 2.89. The maximum absolute atomic E-state index is 13.2. The molecule has 0 aliphatic carbocycles. The molecule has 10 heteroatoms. The van der Waals surface area contributed by atoms with Gasteiger partial charge in [-0.05, 0) is 43.5 Å². The molecule has 0 aromatic heterocycles. The van der Waals surface area contributed by atoms with Gasteiger partial charge in [0.25, 0.3) is 0 Å². The average Bonchev–Trinajstić information content (AvgIpc) is 3.44. The summed E-state index contributed by atoms with van der Waals surface area (Å²) in [5, 5.41) is 14.2. The quantitative estimate of drug-likeness (QED) is 0.279. The number of nitrogens with zero attached hydrogens (tertiary/aromatic N) is 1. The maximum Gasteiger partial charge on any atom is 0.426 e. The Bertz CT molecular complexity index is 1040. The highest BCUT2D eigenvalue weighted by Gasteiger charge is 2.65. The van der Waals surface area contributed by atoms with Crippen LogP contribution in [-0.4, -0.2) is 17.1 Å². The predicted molar refractivity (Wildman–Crippen MR) is 110 cm³/mol. The molecule has 5 N–H and O–H groups in total. The lowest BCUT2D eigenvalue weighted by atomic mass is 9.84. The van der Waals surface area contributed by atoms with E-state index in [2.05, 4.69) is 48.2 Å². The maximum atomic E-state index is 13.2. The van der Waals surface area contributed by atoms with Crippen LogP contribution in [0.5, 0.6) is 0 Å². The first-order valence-electron chi connectivity index (χ1n) is 7.94. The summed E-state index contributed by atoms with van der Waals surface area (Å²) in [4.78, 5) is 4.21. The minimum atomic E-state index is -4.50. The van der Waals surface area contributed by atoms with Gasteiger partial charge in [-0.1, -0.05) is 30.2 Å². The van der Waals surface area contributed by atoms with E-state index < -0.39 is 17.4 Å². The molecular formula is C18H12F3IN4OS. The fourth-order valence-electron chi connectivity index (χ4n) is 3.20. The molecule has 28 heavy (non-hydrogen) atoms. The van der Waals surface area contributed by atoms with E-state index >= 15 is 0 Å². The van der Waals surface area contributed by atoms with Crippen LogP contribution in [0, 0.1) is 11.2 Å². The number of alkyl halides is 3. The molecule has 0 amide bonds. The van der Waals surface area contributed by atoms with E-state index in [0.717, 1.165) is 0 Å². The van der Waals surface area contributed by atoms with Crippen molar-refractivity contribution in [3.05, 3.63) is 64.7 Å². The monoisotopic (exact) mass is 516 g/mol. The highest BCUT2D eigenvalue weighted by Crippen LogP contribution is 2.45. The van der Waals surface area contributed by atoms with Crippen molar-refractivity contribution < 1.29 is 18.3 Å². The second-order valence-electron chi connectivity index (χ2n) is 6.32. The number of aliphatic imine (C=N–C) groups is 1. The van der Waals surface area contributed by atoms with Crippen molar-refractivity contribution >= 4 is 41.7 Å². The van der Waals surface area contributed by atoms with E-state index in [-0.39, 0.29) is 11.4 Å². The molecule has 144 valence electrons. The number of hydrogen-bond donors (Lipinski definition) is 4. The first kappa shape index (κ1) is 19.5. The molecule has 2 heterocycles. The van der Waals surface area contributed by atoms with Crippen molar-refractivity contribution in [3.8, 4) is 11.2 Å². The number of rotatable bonds is 2. The Kier molecular flexibility index (Phi) is 4.63. The third-order valence-corrected chi connectivity index (χ3v) is 5.61. The summed E-state index contributed by atoms with van der Waals surface area (Å²) in [7, 11) is 1.33. The van der Waals surface area contributed by atoms with E-state index in [1.165, 1.54) is 33.2 Å². The molecule has 2 aliphatic rings. The smallest absolute Gasteiger partial charge is 0.384 e. The minimum absolute atomic E-state index is 0.0141. The van der Waals surface area contributed by atoms with E-state index in [1.807, 2.05) is 0 Å². The van der Waals surface area contributed by atoms with Gasteiger partial charge in [0.1, 0.15) is 5.84 Å². The van der Waals surface area contributed by atoms with Gasteiger partial charge in [0, 0.05) is 32.3 Å². The van der Waals surface area contributed by atoms with E-state index in [9.17, 15) is 18.3 Å². The molecule has 4 rings (SSSR count). The second kappa shape index (κ2) is 6.64. The normalized spacial score (nSPS) is 22.1. The number of hydrazine groups is 1. The lowest BCUT2D eigenvalue weighted by Crippen LogP contribution is -2.40. The van der Waals surface area contributed by atoms with Gasteiger partial charge >= 0.3 is 6.18 Å². The van der Waals surface area contributed by atoms with E-state index in [0.29, 0.717) is 22.4 Å². The molecule has 2 aromatic carbocycles. The topological polar surface area (TPSA) is 102 Å². The van der Waals surface area contributed by atoms with Gasteiger partial charge in [0.2, 0.25) is 5.66 Å². The molecule has 2 aromatic rings. The van der Waals surface area contributed by atoms with Gasteiger partial charge in [0.05, 0.1) is 5.69 Å². The second-order valence-corrected chi connectivity index (χ2v) is 8.00. The van der Waals surface area contributed by atoms with Gasteiger partial charge in [-0.15, -0.1) is 0 Å². The van der Waals surface area contributed by atoms with Crippen LogP contribution < -0.4 is 16.6 Å². The molecule has 1 unspecified atom stereocenters. The van der Waals surface area contributed by atoms with Gasteiger partial charge in [-0.25, -0.2) is 15.8 Å². The van der Waals surface area contributed by atoms with Gasteiger partial charge in [-0.3, -0.25) is 0 Å². The number of hydrogen-bond acceptors (Lipinski definition) is 6. The molecule has 0 saturated carbocycles. The van der Waals surface area contributed by atoms with Crippen LogP contribution in [0.2, 0.25) is 0 Å². The number of nitrogens with two attached hydrogens (primary N) is 1. The molecule has 1 fully saturated rings. The summed E-state index contributed by atoms with van der Waals surface area (Å²) in [5.74, 6) is 2.90. The molecule has 5 nitrogen and oxygen atoms in total. The highest BCUT2D eigenvalue weighted by molar-refractivity contribution is 14.2. The zero-order valence-corrected chi connectivity index (χ0v) is 16.9. The summed E-state index contributed by atoms with van der Waals surface area (Å²) in [5.41, 5.74) is 8.22. The van der Waals surface area contributed by atoms with E-state index in [1.54, 1.807) is 18.2 Å². The molecule has 0 bridgehead atoms. The Hall–Kier alpha value is -1.78. The first-order chi connectivity index (χ1) is 13.2. The standard InChI is InChI=1S/C18H12F3IN4OS/c19-18(20,21)17(25-26-17)12-4-2-11(3-5-12)16(27)13-9-10(7-8-28-22)1-6-14(13)24-15(16)23/h1-6,9,25-27H,(H2,23,24). The van der Waals surface area contributed by atoms with E-state index in [4.69, 9.17) is 5.73 Å². The van der Waals surface area contributed by atoms with Crippen molar-refractivity contribution in [2.24, 2.45) is 10.7 Å². The number of nitrogens with one attached hydrogen (secondary N) is 2. The zero-order chi connectivity index (χ0) is 20.2. The van der Waals surface area contributed by atoms with Crippen LogP contribution in [0.3, 0.4) is 0 Å². The number of aliphatic hydroxyl groups is 1. The fraction of sp³-hybridized carbons (Fsp3) is 0.167. The summed E-state index contributed by atoms with van der Waals surface area (Å²) in [6.07, 6.45) is -4.50. The Morgan fingerprint density at radius 2 is 1.75 bits per heavy atom. The summed E-state index contributed by atoms with van der Waals surface area (Å²) in [6.45, 7) is 0. The molecule has 1 saturated heterocycles. The van der Waals surface area contributed by atoms with Gasteiger partial charge in [-0.2, -0.15) is 13.2 Å².